The fourth-order valence-electron chi connectivity index (χ4n) is 2.06. The van der Waals surface area contributed by atoms with Gasteiger partial charge in [-0.1, -0.05) is 0 Å². The Kier molecular flexibility index (Phi) is 4.77. The van der Waals surface area contributed by atoms with E-state index in [2.05, 4.69) is 9.72 Å². The third-order valence-electron chi connectivity index (χ3n) is 3.27. The average molecular weight is 321 g/mol. The van der Waals surface area contributed by atoms with Gasteiger partial charge in [-0.15, -0.1) is 0 Å². The Balaban J connectivity index is 2.49. The van der Waals surface area contributed by atoms with E-state index in [1.54, 1.807) is 0 Å². The predicted octanol–water partition coefficient (Wildman–Crippen LogP) is 1.48. The maximum atomic E-state index is 14.3. The Bertz CT molecular complexity index is 752. The van der Waals surface area contributed by atoms with Gasteiger partial charge >= 0.3 is 5.97 Å². The van der Waals surface area contributed by atoms with E-state index < -0.39 is 18.1 Å². The van der Waals surface area contributed by atoms with Crippen LogP contribution in [0.5, 0.6) is 0 Å². The molecule has 122 valence electrons. The number of pyridine rings is 1. The predicted molar refractivity (Wildman–Crippen MR) is 81.8 cm³/mol. The SMILES string of the molecule is COC(=O)c1ncc(-c2cc(N)c(C(O)OC)cc2F)cc1N. The molecule has 0 aliphatic rings. The van der Waals surface area contributed by atoms with E-state index in [0.717, 1.165) is 6.07 Å². The second-order valence-corrected chi connectivity index (χ2v) is 4.70. The van der Waals surface area contributed by atoms with Crippen LogP contribution >= 0.6 is 0 Å². The van der Waals surface area contributed by atoms with Gasteiger partial charge in [-0.2, -0.15) is 0 Å². The summed E-state index contributed by atoms with van der Waals surface area (Å²) in [6.07, 6.45) is -0.0455. The van der Waals surface area contributed by atoms with Crippen molar-refractivity contribution in [2.75, 3.05) is 25.7 Å². The molecule has 0 aliphatic carbocycles. The molecular formula is C15H16FN3O4. The maximum absolute atomic E-state index is 14.3. The molecule has 1 aromatic carbocycles. The Morgan fingerprint density at radius 2 is 1.96 bits per heavy atom. The van der Waals surface area contributed by atoms with Crippen molar-refractivity contribution in [3.63, 3.8) is 0 Å². The molecule has 23 heavy (non-hydrogen) atoms. The van der Waals surface area contributed by atoms with Crippen LogP contribution in [0.1, 0.15) is 22.3 Å². The summed E-state index contributed by atoms with van der Waals surface area (Å²) in [6, 6.07) is 3.80. The van der Waals surface area contributed by atoms with Crippen LogP contribution in [0.4, 0.5) is 15.8 Å². The van der Waals surface area contributed by atoms with Crippen molar-refractivity contribution in [3.8, 4) is 11.1 Å². The molecule has 0 aliphatic heterocycles. The minimum Gasteiger partial charge on any atom is -0.464 e. The van der Waals surface area contributed by atoms with E-state index in [4.69, 9.17) is 16.2 Å². The van der Waals surface area contributed by atoms with Crippen LogP contribution in [0.15, 0.2) is 24.4 Å². The average Bonchev–Trinajstić information content (AvgIpc) is 2.55. The van der Waals surface area contributed by atoms with Crippen molar-refractivity contribution in [3.05, 3.63) is 41.5 Å². The van der Waals surface area contributed by atoms with Crippen molar-refractivity contribution in [2.45, 2.75) is 6.29 Å². The number of carbonyl (C=O) groups excluding carboxylic acids is 1. The number of benzene rings is 1. The highest BCUT2D eigenvalue weighted by molar-refractivity contribution is 5.93. The molecule has 8 heteroatoms. The number of aromatic nitrogens is 1. The molecule has 0 radical (unpaired) electrons. The number of esters is 1. The number of nitrogens with zero attached hydrogens (tertiary/aromatic N) is 1. The summed E-state index contributed by atoms with van der Waals surface area (Å²) in [4.78, 5) is 15.3. The van der Waals surface area contributed by atoms with Gasteiger partial charge in [0.2, 0.25) is 0 Å². The fraction of sp³-hybridized carbons (Fsp3) is 0.200. The molecule has 0 saturated carbocycles. The molecule has 1 unspecified atom stereocenters. The number of methoxy groups -OCH3 is 2. The summed E-state index contributed by atoms with van der Waals surface area (Å²) in [5, 5.41) is 9.61. The first-order valence-corrected chi connectivity index (χ1v) is 6.53. The molecule has 2 rings (SSSR count). The van der Waals surface area contributed by atoms with Crippen LogP contribution in [0.2, 0.25) is 0 Å². The zero-order valence-electron chi connectivity index (χ0n) is 12.5. The molecule has 7 nitrogen and oxygen atoms in total. The van der Waals surface area contributed by atoms with Crippen molar-refractivity contribution in [1.82, 2.24) is 4.98 Å². The molecule has 0 bridgehead atoms. The number of aliphatic hydroxyl groups is 1. The zero-order valence-corrected chi connectivity index (χ0v) is 12.5. The molecule has 0 saturated heterocycles. The molecule has 1 aromatic heterocycles. The minimum atomic E-state index is -1.33. The van der Waals surface area contributed by atoms with Gasteiger partial charge < -0.3 is 26.0 Å². The molecule has 5 N–H and O–H groups in total. The van der Waals surface area contributed by atoms with E-state index in [9.17, 15) is 14.3 Å². The molecule has 1 heterocycles. The van der Waals surface area contributed by atoms with Crippen LogP contribution in [-0.2, 0) is 9.47 Å². The first-order valence-electron chi connectivity index (χ1n) is 6.53. The lowest BCUT2D eigenvalue weighted by atomic mass is 10.0. The second-order valence-electron chi connectivity index (χ2n) is 4.70. The van der Waals surface area contributed by atoms with Crippen molar-refractivity contribution >= 4 is 17.3 Å². The fourth-order valence-corrected chi connectivity index (χ4v) is 2.06. The second kappa shape index (κ2) is 6.59. The number of nitrogen functional groups attached to an aromatic ring is 2. The van der Waals surface area contributed by atoms with Crippen molar-refractivity contribution < 1.29 is 23.8 Å². The Morgan fingerprint density at radius 1 is 1.26 bits per heavy atom. The van der Waals surface area contributed by atoms with Crippen LogP contribution in [0, 0.1) is 5.82 Å². The van der Waals surface area contributed by atoms with Gasteiger partial charge in [-0.05, 0) is 18.2 Å². The van der Waals surface area contributed by atoms with Gasteiger partial charge in [0, 0.05) is 35.7 Å². The number of halogens is 1. The number of carbonyl (C=O) groups is 1. The number of rotatable bonds is 4. The van der Waals surface area contributed by atoms with Crippen LogP contribution in [0.25, 0.3) is 11.1 Å². The number of hydrogen-bond acceptors (Lipinski definition) is 7. The van der Waals surface area contributed by atoms with Gasteiger partial charge in [0.15, 0.2) is 12.0 Å². The highest BCUT2D eigenvalue weighted by Gasteiger charge is 2.18. The Labute approximate surface area is 131 Å². The first kappa shape index (κ1) is 16.7. The Morgan fingerprint density at radius 3 is 2.52 bits per heavy atom. The third kappa shape index (κ3) is 3.22. The largest absolute Gasteiger partial charge is 0.464 e. The van der Waals surface area contributed by atoms with Gasteiger partial charge in [-0.3, -0.25) is 0 Å². The lowest BCUT2D eigenvalue weighted by Crippen LogP contribution is -2.09. The lowest BCUT2D eigenvalue weighted by Gasteiger charge is -2.14. The number of ether oxygens (including phenoxy) is 2. The first-order chi connectivity index (χ1) is 10.9. The molecule has 0 spiro atoms. The quantitative estimate of drug-likeness (QED) is 0.443. The van der Waals surface area contributed by atoms with Crippen LogP contribution in [-0.4, -0.2) is 30.3 Å². The number of anilines is 2. The normalized spacial score (nSPS) is 12.0. The summed E-state index contributed by atoms with van der Waals surface area (Å²) in [6.45, 7) is 0. The highest BCUT2D eigenvalue weighted by Crippen LogP contribution is 2.31. The lowest BCUT2D eigenvalue weighted by molar-refractivity contribution is -0.0765. The van der Waals surface area contributed by atoms with E-state index in [1.807, 2.05) is 0 Å². The summed E-state index contributed by atoms with van der Waals surface area (Å²) in [7, 11) is 2.48. The number of nitrogens with two attached hydrogens (primary N) is 2. The van der Waals surface area contributed by atoms with E-state index in [0.29, 0.717) is 5.56 Å². The summed E-state index contributed by atoms with van der Waals surface area (Å²) in [5.41, 5.74) is 12.3. The monoisotopic (exact) mass is 321 g/mol. The van der Waals surface area contributed by atoms with Crippen molar-refractivity contribution in [1.29, 1.82) is 0 Å². The standard InChI is InChI=1S/C15H16FN3O4/c1-22-14(20)9-4-10(16)8(5-11(9)17)7-3-12(18)13(19-6-7)15(21)23-2/h3-6,14,20H,17-18H2,1-2H3. The van der Waals surface area contributed by atoms with Gasteiger partial charge in [0.05, 0.1) is 12.8 Å². The van der Waals surface area contributed by atoms with E-state index in [1.165, 1.54) is 32.5 Å². The number of aliphatic hydroxyl groups excluding tert-OH is 1. The van der Waals surface area contributed by atoms with Gasteiger partial charge in [-0.25, -0.2) is 14.2 Å². The maximum Gasteiger partial charge on any atom is 0.358 e. The molecule has 0 amide bonds. The molecule has 2 aromatic rings. The van der Waals surface area contributed by atoms with Crippen LogP contribution in [0.3, 0.4) is 0 Å². The summed E-state index contributed by atoms with van der Waals surface area (Å²) in [5.74, 6) is -1.33. The molecule has 1 atom stereocenters. The number of hydrogen-bond donors (Lipinski definition) is 3. The topological polar surface area (TPSA) is 121 Å². The third-order valence-corrected chi connectivity index (χ3v) is 3.27. The smallest absolute Gasteiger partial charge is 0.358 e. The summed E-state index contributed by atoms with van der Waals surface area (Å²) < 4.78 is 23.5. The summed E-state index contributed by atoms with van der Waals surface area (Å²) >= 11 is 0. The Hall–Kier alpha value is -2.71. The minimum absolute atomic E-state index is 0.0494. The molecular weight excluding hydrogens is 305 g/mol. The van der Waals surface area contributed by atoms with Crippen molar-refractivity contribution in [2.24, 2.45) is 0 Å². The van der Waals surface area contributed by atoms with E-state index >= 15 is 0 Å². The van der Waals surface area contributed by atoms with Gasteiger partial charge in [0.25, 0.3) is 0 Å². The highest BCUT2D eigenvalue weighted by atomic mass is 19.1. The van der Waals surface area contributed by atoms with E-state index in [-0.39, 0.29) is 28.2 Å². The molecule has 0 fully saturated rings. The van der Waals surface area contributed by atoms with Crippen LogP contribution < -0.4 is 11.5 Å². The zero-order chi connectivity index (χ0) is 17.1. The van der Waals surface area contributed by atoms with Gasteiger partial charge in [0.1, 0.15) is 5.82 Å².